The summed E-state index contributed by atoms with van der Waals surface area (Å²) in [7, 11) is 0. The van der Waals surface area contributed by atoms with E-state index in [2.05, 4.69) is 16.0 Å². The molecule has 0 aromatic heterocycles. The van der Waals surface area contributed by atoms with Crippen LogP contribution in [0.4, 0.5) is 5.69 Å². The number of hydrogen-bond acceptors (Lipinski definition) is 3. The molecule has 2 amide bonds. The molecule has 1 aliphatic rings. The van der Waals surface area contributed by atoms with E-state index in [1.54, 1.807) is 0 Å². The fourth-order valence-electron chi connectivity index (χ4n) is 2.59. The van der Waals surface area contributed by atoms with Gasteiger partial charge in [0, 0.05) is 30.6 Å². The Morgan fingerprint density at radius 3 is 2.61 bits per heavy atom. The average molecular weight is 317 g/mol. The van der Waals surface area contributed by atoms with Crippen LogP contribution in [0.2, 0.25) is 0 Å². The third kappa shape index (κ3) is 6.02. The van der Waals surface area contributed by atoms with Gasteiger partial charge in [-0.15, -0.1) is 0 Å². The van der Waals surface area contributed by atoms with Gasteiger partial charge in [0.15, 0.2) is 0 Å². The highest BCUT2D eigenvalue weighted by atomic mass is 16.2. The van der Waals surface area contributed by atoms with Gasteiger partial charge in [0.25, 0.3) is 0 Å². The zero-order valence-electron chi connectivity index (χ0n) is 14.0. The number of carbonyl (C=O) groups is 2. The van der Waals surface area contributed by atoms with E-state index in [-0.39, 0.29) is 17.7 Å². The first-order chi connectivity index (χ1) is 11.0. The van der Waals surface area contributed by atoms with Crippen molar-refractivity contribution in [2.75, 3.05) is 11.9 Å². The molecule has 1 unspecified atom stereocenters. The minimum Gasteiger partial charge on any atom is -0.352 e. The quantitative estimate of drug-likeness (QED) is 0.723. The first-order valence-electron chi connectivity index (χ1n) is 8.44. The van der Waals surface area contributed by atoms with E-state index in [0.717, 1.165) is 24.2 Å². The van der Waals surface area contributed by atoms with Crippen molar-refractivity contribution >= 4 is 17.5 Å². The van der Waals surface area contributed by atoms with Gasteiger partial charge in [0.1, 0.15) is 0 Å². The Morgan fingerprint density at radius 1 is 1.26 bits per heavy atom. The van der Waals surface area contributed by atoms with Crippen LogP contribution in [0.25, 0.3) is 0 Å². The minimum absolute atomic E-state index is 0.00609. The van der Waals surface area contributed by atoms with Crippen LogP contribution in [0, 0.1) is 5.92 Å². The van der Waals surface area contributed by atoms with Crippen molar-refractivity contribution < 1.29 is 9.59 Å². The van der Waals surface area contributed by atoms with E-state index in [4.69, 9.17) is 0 Å². The Labute approximate surface area is 138 Å². The summed E-state index contributed by atoms with van der Waals surface area (Å²) in [6.07, 6.45) is 3.87. The van der Waals surface area contributed by atoms with E-state index in [1.807, 2.05) is 38.1 Å². The van der Waals surface area contributed by atoms with Crippen LogP contribution in [0.3, 0.4) is 0 Å². The van der Waals surface area contributed by atoms with Crippen molar-refractivity contribution in [3.63, 3.8) is 0 Å². The predicted octanol–water partition coefficient (Wildman–Crippen LogP) is 2.43. The van der Waals surface area contributed by atoms with Crippen molar-refractivity contribution in [3.8, 4) is 0 Å². The standard InChI is InChI=1S/C18H27N3O2/c1-13(2)18(23)21-16-7-5-14(6-8-16)12-20-17(22)10-9-15-4-3-11-19-15/h5-8,13,15,19H,3-4,9-12H2,1-2H3,(H,20,22)(H,21,23). The second-order valence-corrected chi connectivity index (χ2v) is 6.45. The lowest BCUT2D eigenvalue weighted by atomic mass is 10.1. The molecule has 1 atom stereocenters. The lowest BCUT2D eigenvalue weighted by Crippen LogP contribution is -2.27. The van der Waals surface area contributed by atoms with Gasteiger partial charge in [0.05, 0.1) is 0 Å². The van der Waals surface area contributed by atoms with Crippen molar-refractivity contribution in [2.24, 2.45) is 5.92 Å². The van der Waals surface area contributed by atoms with Crippen LogP contribution in [0.5, 0.6) is 0 Å². The molecular weight excluding hydrogens is 290 g/mol. The van der Waals surface area contributed by atoms with E-state index >= 15 is 0 Å². The maximum atomic E-state index is 11.9. The van der Waals surface area contributed by atoms with Gasteiger partial charge in [-0.3, -0.25) is 9.59 Å². The Bertz CT molecular complexity index is 520. The number of amides is 2. The lowest BCUT2D eigenvalue weighted by Gasteiger charge is -2.11. The van der Waals surface area contributed by atoms with Crippen LogP contribution in [-0.4, -0.2) is 24.4 Å². The Morgan fingerprint density at radius 2 is 2.00 bits per heavy atom. The molecule has 0 spiro atoms. The smallest absolute Gasteiger partial charge is 0.226 e. The number of hydrogen-bond donors (Lipinski definition) is 3. The molecule has 1 fully saturated rings. The largest absolute Gasteiger partial charge is 0.352 e. The van der Waals surface area contributed by atoms with Crippen LogP contribution >= 0.6 is 0 Å². The molecule has 1 aromatic rings. The van der Waals surface area contributed by atoms with Gasteiger partial charge >= 0.3 is 0 Å². The van der Waals surface area contributed by atoms with Gasteiger partial charge in [0.2, 0.25) is 11.8 Å². The molecule has 2 rings (SSSR count). The molecule has 1 aromatic carbocycles. The van der Waals surface area contributed by atoms with E-state index in [9.17, 15) is 9.59 Å². The molecule has 1 heterocycles. The summed E-state index contributed by atoms with van der Waals surface area (Å²) in [6.45, 7) is 5.32. The van der Waals surface area contributed by atoms with Crippen LogP contribution in [0.1, 0.15) is 45.1 Å². The van der Waals surface area contributed by atoms with Crippen molar-refractivity contribution in [3.05, 3.63) is 29.8 Å². The number of carbonyl (C=O) groups excluding carboxylic acids is 2. The summed E-state index contributed by atoms with van der Waals surface area (Å²) in [6, 6.07) is 8.09. The number of anilines is 1. The molecule has 0 saturated carbocycles. The first kappa shape index (κ1) is 17.5. The third-order valence-electron chi connectivity index (χ3n) is 4.12. The van der Waals surface area contributed by atoms with Crippen molar-refractivity contribution in [2.45, 2.75) is 52.1 Å². The summed E-state index contributed by atoms with van der Waals surface area (Å²) < 4.78 is 0. The van der Waals surface area contributed by atoms with Crippen LogP contribution < -0.4 is 16.0 Å². The number of nitrogens with one attached hydrogen (secondary N) is 3. The molecule has 0 radical (unpaired) electrons. The normalized spacial score (nSPS) is 17.3. The van der Waals surface area contributed by atoms with Gasteiger partial charge in [-0.2, -0.15) is 0 Å². The highest BCUT2D eigenvalue weighted by Gasteiger charge is 2.15. The second-order valence-electron chi connectivity index (χ2n) is 6.45. The van der Waals surface area contributed by atoms with Crippen molar-refractivity contribution in [1.29, 1.82) is 0 Å². The maximum Gasteiger partial charge on any atom is 0.226 e. The molecule has 1 aliphatic heterocycles. The van der Waals surface area contributed by atoms with Crippen LogP contribution in [-0.2, 0) is 16.1 Å². The van der Waals surface area contributed by atoms with Gasteiger partial charge in [-0.05, 0) is 43.5 Å². The van der Waals surface area contributed by atoms with Crippen molar-refractivity contribution in [1.82, 2.24) is 10.6 Å². The first-order valence-corrected chi connectivity index (χ1v) is 8.44. The highest BCUT2D eigenvalue weighted by Crippen LogP contribution is 2.12. The monoisotopic (exact) mass is 317 g/mol. The fourth-order valence-corrected chi connectivity index (χ4v) is 2.59. The topological polar surface area (TPSA) is 70.2 Å². The molecule has 1 saturated heterocycles. The number of benzene rings is 1. The average Bonchev–Trinajstić information content (AvgIpc) is 3.05. The van der Waals surface area contributed by atoms with Gasteiger partial charge < -0.3 is 16.0 Å². The molecule has 0 aliphatic carbocycles. The maximum absolute atomic E-state index is 11.9. The molecule has 23 heavy (non-hydrogen) atoms. The summed E-state index contributed by atoms with van der Waals surface area (Å²) in [5, 5.41) is 9.20. The molecule has 126 valence electrons. The summed E-state index contributed by atoms with van der Waals surface area (Å²) in [4.78, 5) is 23.5. The molecular formula is C18H27N3O2. The zero-order chi connectivity index (χ0) is 16.7. The Kier molecular flexibility index (Phi) is 6.59. The molecule has 3 N–H and O–H groups in total. The van der Waals surface area contributed by atoms with E-state index in [0.29, 0.717) is 19.0 Å². The Hall–Kier alpha value is -1.88. The zero-order valence-corrected chi connectivity index (χ0v) is 14.0. The molecule has 5 heteroatoms. The van der Waals surface area contributed by atoms with Gasteiger partial charge in [-0.25, -0.2) is 0 Å². The molecule has 5 nitrogen and oxygen atoms in total. The fraction of sp³-hybridized carbons (Fsp3) is 0.556. The van der Waals surface area contributed by atoms with Crippen LogP contribution in [0.15, 0.2) is 24.3 Å². The summed E-state index contributed by atoms with van der Waals surface area (Å²) in [5.74, 6) is 0.0609. The van der Waals surface area contributed by atoms with Gasteiger partial charge in [-0.1, -0.05) is 26.0 Å². The summed E-state index contributed by atoms with van der Waals surface area (Å²) in [5.41, 5.74) is 1.81. The van der Waals surface area contributed by atoms with E-state index in [1.165, 1.54) is 12.8 Å². The Balaban J connectivity index is 1.70. The molecule has 0 bridgehead atoms. The SMILES string of the molecule is CC(C)C(=O)Nc1ccc(CNC(=O)CCC2CCCN2)cc1. The summed E-state index contributed by atoms with van der Waals surface area (Å²) >= 11 is 0. The second kappa shape index (κ2) is 8.67. The minimum atomic E-state index is -0.0386. The van der Waals surface area contributed by atoms with E-state index < -0.39 is 0 Å². The number of rotatable bonds is 7. The lowest BCUT2D eigenvalue weighted by molar-refractivity contribution is -0.121. The predicted molar refractivity (Wildman–Crippen MR) is 92.0 cm³/mol. The highest BCUT2D eigenvalue weighted by molar-refractivity contribution is 5.92. The third-order valence-corrected chi connectivity index (χ3v) is 4.12.